The van der Waals surface area contributed by atoms with Gasteiger partial charge in [0.25, 0.3) is 0 Å². The molecule has 0 bridgehead atoms. The molecule has 0 radical (unpaired) electrons. The molecule has 142 valence electrons. The molecule has 0 aromatic carbocycles. The molecule has 4 heteroatoms. The first-order valence-electron chi connectivity index (χ1n) is 9.33. The van der Waals surface area contributed by atoms with Gasteiger partial charge in [-0.25, -0.2) is 0 Å². The van der Waals surface area contributed by atoms with E-state index >= 15 is 0 Å². The lowest BCUT2D eigenvalue weighted by atomic mass is 9.46. The van der Waals surface area contributed by atoms with Crippen molar-refractivity contribution in [2.75, 3.05) is 7.11 Å². The van der Waals surface area contributed by atoms with E-state index in [1.807, 2.05) is 6.92 Å². The fraction of sp³-hybridized carbons (Fsp3) is 0.762. The van der Waals surface area contributed by atoms with Gasteiger partial charge in [0.05, 0.1) is 18.6 Å². The highest BCUT2D eigenvalue weighted by Gasteiger charge is 2.58. The van der Waals surface area contributed by atoms with Gasteiger partial charge in [-0.3, -0.25) is 4.79 Å². The van der Waals surface area contributed by atoms with Gasteiger partial charge in [-0.05, 0) is 63.2 Å². The zero-order valence-corrected chi connectivity index (χ0v) is 16.2. The molecule has 0 aromatic rings. The van der Waals surface area contributed by atoms with E-state index in [-0.39, 0.29) is 23.2 Å². The summed E-state index contributed by atoms with van der Waals surface area (Å²) in [4.78, 5) is 12.6. The number of rotatable bonds is 5. The number of carbonyl (C=O) groups is 1. The van der Waals surface area contributed by atoms with Crippen molar-refractivity contribution in [2.24, 2.45) is 22.7 Å². The van der Waals surface area contributed by atoms with E-state index in [4.69, 9.17) is 4.74 Å². The minimum atomic E-state index is -1.33. The Bertz CT molecular complexity index is 552. The van der Waals surface area contributed by atoms with E-state index in [9.17, 15) is 15.0 Å². The van der Waals surface area contributed by atoms with Gasteiger partial charge in [0.2, 0.25) is 0 Å². The summed E-state index contributed by atoms with van der Waals surface area (Å²) in [5, 5.41) is 20.9. The Balaban J connectivity index is 2.36. The predicted molar refractivity (Wildman–Crippen MR) is 98.9 cm³/mol. The van der Waals surface area contributed by atoms with Gasteiger partial charge in [0.15, 0.2) is 0 Å². The number of fused-ring (bicyclic) bond motifs is 1. The van der Waals surface area contributed by atoms with Crippen molar-refractivity contribution >= 4 is 5.97 Å². The quantitative estimate of drug-likeness (QED) is 0.587. The van der Waals surface area contributed by atoms with Gasteiger partial charge < -0.3 is 14.9 Å². The summed E-state index contributed by atoms with van der Waals surface area (Å²) in [5.74, 6) is 0.128. The van der Waals surface area contributed by atoms with Crippen LogP contribution < -0.4 is 0 Å². The lowest BCUT2D eigenvalue weighted by Crippen LogP contribution is -2.54. The maximum Gasteiger partial charge on any atom is 0.311 e. The highest BCUT2D eigenvalue weighted by atomic mass is 16.5. The van der Waals surface area contributed by atoms with Crippen molar-refractivity contribution in [3.8, 4) is 0 Å². The zero-order chi connectivity index (χ0) is 19.0. The summed E-state index contributed by atoms with van der Waals surface area (Å²) in [7, 11) is 1.46. The molecule has 6 atom stereocenters. The van der Waals surface area contributed by atoms with Crippen molar-refractivity contribution in [3.63, 3.8) is 0 Å². The second-order valence-electron chi connectivity index (χ2n) is 8.75. The van der Waals surface area contributed by atoms with Gasteiger partial charge in [-0.15, -0.1) is 6.58 Å². The molecule has 2 fully saturated rings. The molecule has 2 rings (SSSR count). The minimum absolute atomic E-state index is 0.0666. The van der Waals surface area contributed by atoms with Gasteiger partial charge in [-0.1, -0.05) is 31.6 Å². The highest BCUT2D eigenvalue weighted by molar-refractivity contribution is 5.77. The molecule has 0 spiro atoms. The van der Waals surface area contributed by atoms with Crippen LogP contribution in [0.25, 0.3) is 0 Å². The smallest absolute Gasteiger partial charge is 0.311 e. The van der Waals surface area contributed by atoms with Crippen LogP contribution in [0.2, 0.25) is 0 Å². The number of carbonyl (C=O) groups excluding carboxylic acids is 1. The third-order valence-corrected chi connectivity index (χ3v) is 7.22. The van der Waals surface area contributed by atoms with E-state index < -0.39 is 17.1 Å². The molecule has 0 aliphatic heterocycles. The third kappa shape index (κ3) is 3.31. The Hall–Kier alpha value is -1.13. The number of aliphatic hydroxyl groups excluding tert-OH is 1. The summed E-state index contributed by atoms with van der Waals surface area (Å²) < 4.78 is 5.14. The molecule has 0 heterocycles. The van der Waals surface area contributed by atoms with Crippen molar-refractivity contribution in [1.29, 1.82) is 0 Å². The first-order chi connectivity index (χ1) is 11.5. The standard InChI is InChI=1S/C21H34O4/c1-7-21(5,24)17(22)13-15-14(2)9-10-16-19(15,3)11-8-12-20(16,4)18(23)25-6/h7,15-17,22,24H,1-2,8-13H2,3-6H3/t15-,16+,17+,19+,20-,21+/m0/s1. The van der Waals surface area contributed by atoms with Crippen LogP contribution in [0.4, 0.5) is 0 Å². The molecular weight excluding hydrogens is 316 g/mol. The van der Waals surface area contributed by atoms with E-state index in [0.717, 1.165) is 37.7 Å². The summed E-state index contributed by atoms with van der Waals surface area (Å²) in [5.41, 5.74) is -0.836. The SMILES string of the molecule is C=C[C@@](C)(O)[C@H](O)C[C@H]1C(=C)CC[C@@H]2[C@]1(C)CCC[C@]2(C)C(=O)OC. The Morgan fingerprint density at radius 3 is 2.68 bits per heavy atom. The number of ether oxygens (including phenoxy) is 1. The fourth-order valence-corrected chi connectivity index (χ4v) is 5.46. The monoisotopic (exact) mass is 350 g/mol. The normalized spacial score (nSPS) is 39.0. The van der Waals surface area contributed by atoms with Gasteiger partial charge >= 0.3 is 5.97 Å². The number of allylic oxidation sites excluding steroid dienone is 1. The predicted octanol–water partition coefficient (Wildman–Crippen LogP) is 3.63. The highest BCUT2D eigenvalue weighted by Crippen LogP contribution is 2.62. The zero-order valence-electron chi connectivity index (χ0n) is 16.2. The van der Waals surface area contributed by atoms with E-state index in [1.54, 1.807) is 6.92 Å². The van der Waals surface area contributed by atoms with Crippen LogP contribution in [-0.4, -0.2) is 35.0 Å². The van der Waals surface area contributed by atoms with Crippen molar-refractivity contribution in [2.45, 2.75) is 71.0 Å². The van der Waals surface area contributed by atoms with Crippen LogP contribution in [0, 0.1) is 22.7 Å². The number of esters is 1. The van der Waals surface area contributed by atoms with Crippen molar-refractivity contribution in [3.05, 3.63) is 24.8 Å². The fourth-order valence-electron chi connectivity index (χ4n) is 5.46. The van der Waals surface area contributed by atoms with Crippen LogP contribution in [0.15, 0.2) is 24.8 Å². The largest absolute Gasteiger partial charge is 0.469 e. The number of methoxy groups -OCH3 is 1. The van der Waals surface area contributed by atoms with Gasteiger partial charge in [0, 0.05) is 0 Å². The van der Waals surface area contributed by atoms with E-state index in [0.29, 0.717) is 6.42 Å². The number of hydrogen-bond donors (Lipinski definition) is 2. The molecule has 0 aromatic heterocycles. The molecule has 4 nitrogen and oxygen atoms in total. The molecule has 25 heavy (non-hydrogen) atoms. The Labute approximate surface area is 152 Å². The minimum Gasteiger partial charge on any atom is -0.469 e. The topological polar surface area (TPSA) is 66.8 Å². The number of aliphatic hydroxyl groups is 2. The van der Waals surface area contributed by atoms with Crippen molar-refractivity contribution in [1.82, 2.24) is 0 Å². The first kappa shape index (κ1) is 20.2. The lowest BCUT2D eigenvalue weighted by molar-refractivity contribution is -0.169. The van der Waals surface area contributed by atoms with Gasteiger partial charge in [0.1, 0.15) is 5.60 Å². The Morgan fingerprint density at radius 1 is 1.48 bits per heavy atom. The summed E-state index contributed by atoms with van der Waals surface area (Å²) in [6.45, 7) is 13.7. The van der Waals surface area contributed by atoms with Crippen LogP contribution in [-0.2, 0) is 9.53 Å². The lowest BCUT2D eigenvalue weighted by Gasteiger charge is -2.58. The van der Waals surface area contributed by atoms with Crippen LogP contribution >= 0.6 is 0 Å². The second-order valence-corrected chi connectivity index (χ2v) is 8.75. The van der Waals surface area contributed by atoms with E-state index in [1.165, 1.54) is 13.2 Å². The molecule has 0 unspecified atom stereocenters. The van der Waals surface area contributed by atoms with Crippen LogP contribution in [0.5, 0.6) is 0 Å². The molecule has 2 N–H and O–H groups in total. The second kappa shape index (κ2) is 6.88. The summed E-state index contributed by atoms with van der Waals surface area (Å²) in [6, 6.07) is 0. The first-order valence-corrected chi connectivity index (χ1v) is 9.33. The van der Waals surface area contributed by atoms with Crippen LogP contribution in [0.1, 0.15) is 59.3 Å². The summed E-state index contributed by atoms with van der Waals surface area (Å²) in [6.07, 6.45) is 5.48. The maximum atomic E-state index is 12.6. The van der Waals surface area contributed by atoms with Gasteiger partial charge in [-0.2, -0.15) is 0 Å². The van der Waals surface area contributed by atoms with Crippen LogP contribution in [0.3, 0.4) is 0 Å². The maximum absolute atomic E-state index is 12.6. The molecular formula is C21H34O4. The Kier molecular flexibility index (Phi) is 5.56. The molecule has 2 aliphatic rings. The molecule has 2 aliphatic carbocycles. The van der Waals surface area contributed by atoms with Crippen molar-refractivity contribution < 1.29 is 19.7 Å². The Morgan fingerprint density at radius 2 is 2.12 bits per heavy atom. The molecule has 0 saturated heterocycles. The van der Waals surface area contributed by atoms with E-state index in [2.05, 4.69) is 20.1 Å². The molecule has 0 amide bonds. The average Bonchev–Trinajstić information content (AvgIpc) is 2.56. The third-order valence-electron chi connectivity index (χ3n) is 7.22. The molecule has 2 saturated carbocycles. The summed E-state index contributed by atoms with van der Waals surface area (Å²) >= 11 is 0. The average molecular weight is 350 g/mol. The number of hydrogen-bond acceptors (Lipinski definition) is 4.